The molecule has 0 bridgehead atoms. The number of hydrogen-bond acceptors (Lipinski definition) is 10. The molecule has 2 fully saturated rings. The Hall–Kier alpha value is -2.14. The van der Waals surface area contributed by atoms with Crippen molar-refractivity contribution in [2.45, 2.75) is 186 Å². The molecule has 0 aromatic carbocycles. The summed E-state index contributed by atoms with van der Waals surface area (Å²) in [5.41, 5.74) is 1.24. The summed E-state index contributed by atoms with van der Waals surface area (Å²) in [6.45, 7) is 9.44. The molecule has 2 heterocycles. The summed E-state index contributed by atoms with van der Waals surface area (Å²) in [5, 5.41) is 3.89. The standard InChI is InChI=1S/C45H73NO8S2/c1-5-33(3)44(49)54-40-29-32(2)28-35-21-20-34(4)39(43(35)40)23-22-36-30-37(31-42(48)52-36)53-45(50)51-26-17-13-11-9-7-6-8-10-12-16-25-46-41(47)19-15-14-18-38-24-27-55-56-38/h20-21,28,32-34,36-40,43H,5-19,22-27,29-31H2,1-4H3,(H,46,47)/t32-,33?,34+,36+,37?,38?,39+,40?,43-/m1/s1. The zero-order valence-electron chi connectivity index (χ0n) is 35.0. The number of unbranched alkanes of at least 4 members (excludes halogenated alkanes) is 10. The lowest BCUT2D eigenvalue weighted by Crippen LogP contribution is -2.42. The quantitative estimate of drug-likeness (QED) is 0.0413. The number of cyclic esters (lactones) is 1. The highest BCUT2D eigenvalue weighted by molar-refractivity contribution is 8.77. The summed E-state index contributed by atoms with van der Waals surface area (Å²) in [5.74, 6) is 1.89. The molecule has 2 aliphatic carbocycles. The smallest absolute Gasteiger partial charge is 0.462 e. The number of fused-ring (bicyclic) bond motifs is 1. The normalized spacial score (nSPS) is 27.8. The molecule has 1 N–H and O–H groups in total. The van der Waals surface area contributed by atoms with E-state index < -0.39 is 12.3 Å². The molecule has 9 nitrogen and oxygen atoms in total. The molecule has 318 valence electrons. The van der Waals surface area contributed by atoms with Gasteiger partial charge in [0, 0.05) is 36.3 Å². The molecule has 0 aromatic rings. The van der Waals surface area contributed by atoms with Gasteiger partial charge in [-0.1, -0.05) is 125 Å². The van der Waals surface area contributed by atoms with Gasteiger partial charge in [-0.3, -0.25) is 14.4 Å². The highest BCUT2D eigenvalue weighted by Crippen LogP contribution is 2.45. The minimum atomic E-state index is -0.709. The summed E-state index contributed by atoms with van der Waals surface area (Å²) in [6, 6.07) is 0. The lowest BCUT2D eigenvalue weighted by Gasteiger charge is -2.43. The van der Waals surface area contributed by atoms with E-state index in [0.29, 0.717) is 37.7 Å². The molecule has 2 aliphatic heterocycles. The monoisotopic (exact) mass is 819 g/mol. The molecule has 1 amide bonds. The van der Waals surface area contributed by atoms with Crippen LogP contribution in [0, 0.1) is 29.6 Å². The molecule has 4 rings (SSSR count). The Bertz CT molecular complexity index is 1270. The van der Waals surface area contributed by atoms with E-state index in [1.165, 1.54) is 62.7 Å². The van der Waals surface area contributed by atoms with Crippen LogP contribution < -0.4 is 5.32 Å². The molecule has 0 radical (unpaired) electrons. The molecular weight excluding hydrogens is 747 g/mol. The van der Waals surface area contributed by atoms with Crippen molar-refractivity contribution in [2.24, 2.45) is 29.6 Å². The zero-order valence-corrected chi connectivity index (χ0v) is 36.6. The van der Waals surface area contributed by atoms with Crippen LogP contribution >= 0.6 is 21.6 Å². The van der Waals surface area contributed by atoms with Gasteiger partial charge in [0.1, 0.15) is 18.3 Å². The fourth-order valence-electron chi connectivity index (χ4n) is 8.65. The first-order chi connectivity index (χ1) is 27.1. The number of hydrogen-bond donors (Lipinski definition) is 1. The maximum absolute atomic E-state index is 12.8. The average Bonchev–Trinajstić information content (AvgIpc) is 3.69. The average molecular weight is 820 g/mol. The van der Waals surface area contributed by atoms with Crippen LogP contribution in [0.4, 0.5) is 4.79 Å². The first-order valence-corrected chi connectivity index (χ1v) is 24.7. The van der Waals surface area contributed by atoms with Crippen LogP contribution in [-0.4, -0.2) is 66.5 Å². The number of esters is 2. The van der Waals surface area contributed by atoms with Gasteiger partial charge in [0.2, 0.25) is 5.91 Å². The van der Waals surface area contributed by atoms with Gasteiger partial charge in [-0.05, 0) is 81.1 Å². The van der Waals surface area contributed by atoms with Crippen molar-refractivity contribution < 1.29 is 38.1 Å². The summed E-state index contributed by atoms with van der Waals surface area (Å²) in [4.78, 5) is 49.9. The molecule has 9 atom stereocenters. The molecule has 2 saturated heterocycles. The fourth-order valence-corrected chi connectivity index (χ4v) is 11.7. The first-order valence-electron chi connectivity index (χ1n) is 22.3. The van der Waals surface area contributed by atoms with E-state index in [9.17, 15) is 19.2 Å². The Labute approximate surface area is 346 Å². The van der Waals surface area contributed by atoms with Gasteiger partial charge >= 0.3 is 18.1 Å². The molecule has 0 spiro atoms. The van der Waals surface area contributed by atoms with Crippen LogP contribution in [0.3, 0.4) is 0 Å². The van der Waals surface area contributed by atoms with Crippen molar-refractivity contribution in [3.8, 4) is 0 Å². The first kappa shape index (κ1) is 46.5. The van der Waals surface area contributed by atoms with Gasteiger partial charge in [0.05, 0.1) is 18.9 Å². The largest absolute Gasteiger partial charge is 0.508 e. The molecule has 4 unspecified atom stereocenters. The van der Waals surface area contributed by atoms with Gasteiger partial charge in [-0.2, -0.15) is 0 Å². The van der Waals surface area contributed by atoms with Crippen LogP contribution in [0.5, 0.6) is 0 Å². The maximum Gasteiger partial charge on any atom is 0.508 e. The van der Waals surface area contributed by atoms with Gasteiger partial charge in [-0.25, -0.2) is 4.79 Å². The third-order valence-corrected chi connectivity index (χ3v) is 15.2. The Kier molecular flexibility index (Phi) is 21.7. The second-order valence-corrected chi connectivity index (χ2v) is 19.8. The Morgan fingerprint density at radius 2 is 1.64 bits per heavy atom. The predicted octanol–water partition coefficient (Wildman–Crippen LogP) is 11.1. The van der Waals surface area contributed by atoms with E-state index in [4.69, 9.17) is 18.9 Å². The molecule has 4 aliphatic rings. The lowest BCUT2D eigenvalue weighted by atomic mass is 9.65. The number of ether oxygens (including phenoxy) is 4. The van der Waals surface area contributed by atoms with Crippen molar-refractivity contribution in [3.63, 3.8) is 0 Å². The summed E-state index contributed by atoms with van der Waals surface area (Å²) < 4.78 is 22.9. The van der Waals surface area contributed by atoms with Crippen molar-refractivity contribution in [3.05, 3.63) is 23.8 Å². The number of carbonyl (C=O) groups excluding carboxylic acids is 4. The minimum absolute atomic E-state index is 0.0467. The van der Waals surface area contributed by atoms with Gasteiger partial charge in [0.25, 0.3) is 0 Å². The zero-order chi connectivity index (χ0) is 40.1. The highest BCUT2D eigenvalue weighted by Gasteiger charge is 2.42. The van der Waals surface area contributed by atoms with Gasteiger partial charge in [-0.15, -0.1) is 0 Å². The van der Waals surface area contributed by atoms with Crippen LogP contribution in [0.15, 0.2) is 23.8 Å². The highest BCUT2D eigenvalue weighted by atomic mass is 33.1. The fraction of sp³-hybridized carbons (Fsp3) is 0.822. The topological polar surface area (TPSA) is 117 Å². The van der Waals surface area contributed by atoms with Crippen LogP contribution in [0.2, 0.25) is 0 Å². The number of carbonyl (C=O) groups is 4. The third-order valence-electron chi connectivity index (χ3n) is 12.2. The summed E-state index contributed by atoms with van der Waals surface area (Å²) >= 11 is 0. The Balaban J connectivity index is 1.01. The molecule has 0 saturated carbocycles. The lowest BCUT2D eigenvalue weighted by molar-refractivity contribution is -0.163. The number of nitrogens with one attached hydrogen (secondary N) is 1. The number of rotatable bonds is 25. The van der Waals surface area contributed by atoms with Crippen molar-refractivity contribution in [2.75, 3.05) is 18.9 Å². The third kappa shape index (κ3) is 17.0. The second kappa shape index (κ2) is 26.1. The minimum Gasteiger partial charge on any atom is -0.462 e. The van der Waals surface area contributed by atoms with Crippen molar-refractivity contribution in [1.82, 2.24) is 5.32 Å². The molecule has 11 heteroatoms. The molecular formula is C45H73NO8S2. The Morgan fingerprint density at radius 3 is 2.36 bits per heavy atom. The van der Waals surface area contributed by atoms with Gasteiger partial charge in [0.15, 0.2) is 0 Å². The van der Waals surface area contributed by atoms with E-state index in [1.807, 2.05) is 35.4 Å². The maximum atomic E-state index is 12.8. The van der Waals surface area contributed by atoms with E-state index >= 15 is 0 Å². The molecule has 0 aromatic heterocycles. The summed E-state index contributed by atoms with van der Waals surface area (Å²) in [6.07, 6.45) is 25.2. The number of amides is 1. The van der Waals surface area contributed by atoms with Crippen LogP contribution in [-0.2, 0) is 33.3 Å². The van der Waals surface area contributed by atoms with Crippen LogP contribution in [0.25, 0.3) is 0 Å². The van der Waals surface area contributed by atoms with E-state index in [1.54, 1.807) is 0 Å². The Morgan fingerprint density at radius 1 is 0.911 bits per heavy atom. The second-order valence-electron chi connectivity index (χ2n) is 17.0. The van der Waals surface area contributed by atoms with Crippen molar-refractivity contribution >= 4 is 45.6 Å². The number of allylic oxidation sites excluding steroid dienone is 3. The van der Waals surface area contributed by atoms with E-state index in [-0.39, 0.29) is 54.2 Å². The summed E-state index contributed by atoms with van der Waals surface area (Å²) in [7, 11) is 4.01. The van der Waals surface area contributed by atoms with Gasteiger partial charge < -0.3 is 24.3 Å². The van der Waals surface area contributed by atoms with Crippen molar-refractivity contribution in [1.29, 1.82) is 0 Å². The van der Waals surface area contributed by atoms with E-state index in [2.05, 4.69) is 37.4 Å². The predicted molar refractivity (Wildman–Crippen MR) is 227 cm³/mol. The van der Waals surface area contributed by atoms with Crippen LogP contribution in [0.1, 0.15) is 163 Å². The molecule has 56 heavy (non-hydrogen) atoms. The van der Waals surface area contributed by atoms with E-state index in [0.717, 1.165) is 69.6 Å². The SMILES string of the molecule is CCC(C)C(=O)OC1C[C@H](C)C=C2C=C[C@H](C)[C@H](CC[C@H]3CC(OC(=O)OCCCCCCCCCCCCNC(=O)CCCCC4CCSS4)CC(=O)O3)[C@@H]21.